The lowest BCUT2D eigenvalue weighted by molar-refractivity contribution is -0.119. The Hall–Kier alpha value is -2.61. The SMILES string of the molecule is C=CCn1c(SCC(=O)NC2CCCCC2)nnc1C1CCCN1C(=O)c1ccc(C)cc1. The van der Waals surface area contributed by atoms with E-state index in [1.807, 2.05) is 40.7 Å². The van der Waals surface area contributed by atoms with Crippen LogP contribution in [0.5, 0.6) is 0 Å². The molecule has 2 fully saturated rings. The molecule has 7 nitrogen and oxygen atoms in total. The molecule has 33 heavy (non-hydrogen) atoms. The van der Waals surface area contributed by atoms with Gasteiger partial charge in [0.2, 0.25) is 5.91 Å². The average Bonchev–Trinajstić information content (AvgIpc) is 3.46. The normalized spacial score (nSPS) is 18.9. The number of carbonyl (C=O) groups is 2. The molecule has 2 heterocycles. The molecule has 1 saturated heterocycles. The van der Waals surface area contributed by atoms with Crippen molar-refractivity contribution in [1.82, 2.24) is 25.0 Å². The molecule has 8 heteroatoms. The van der Waals surface area contributed by atoms with E-state index in [1.165, 1.54) is 31.0 Å². The molecule has 1 atom stereocenters. The number of nitrogens with one attached hydrogen (secondary N) is 1. The minimum absolute atomic E-state index is 0.0201. The van der Waals surface area contributed by atoms with Crippen molar-refractivity contribution >= 4 is 23.6 Å². The monoisotopic (exact) mass is 467 g/mol. The van der Waals surface area contributed by atoms with Crippen LogP contribution in [0.15, 0.2) is 42.1 Å². The van der Waals surface area contributed by atoms with Gasteiger partial charge in [-0.2, -0.15) is 0 Å². The summed E-state index contributed by atoms with van der Waals surface area (Å²) in [6.45, 7) is 7.13. The Morgan fingerprint density at radius 2 is 1.88 bits per heavy atom. The Bertz CT molecular complexity index is 981. The molecule has 1 N–H and O–H groups in total. The van der Waals surface area contributed by atoms with Gasteiger partial charge in [-0.15, -0.1) is 16.8 Å². The Balaban J connectivity index is 1.45. The van der Waals surface area contributed by atoms with Crippen molar-refractivity contribution in [2.75, 3.05) is 12.3 Å². The van der Waals surface area contributed by atoms with Crippen LogP contribution in [0.3, 0.4) is 0 Å². The highest BCUT2D eigenvalue weighted by Crippen LogP contribution is 2.34. The average molecular weight is 468 g/mol. The van der Waals surface area contributed by atoms with Crippen molar-refractivity contribution in [3.63, 3.8) is 0 Å². The molecule has 2 aliphatic rings. The number of allylic oxidation sites excluding steroid dienone is 1. The lowest BCUT2D eigenvalue weighted by atomic mass is 9.95. The summed E-state index contributed by atoms with van der Waals surface area (Å²) in [6.07, 6.45) is 9.36. The van der Waals surface area contributed by atoms with Crippen molar-refractivity contribution in [3.05, 3.63) is 53.9 Å². The molecule has 0 radical (unpaired) electrons. The zero-order chi connectivity index (χ0) is 23.2. The predicted octanol–water partition coefficient (Wildman–Crippen LogP) is 4.29. The number of benzene rings is 1. The Kier molecular flexibility index (Phi) is 7.85. The molecule has 2 amide bonds. The van der Waals surface area contributed by atoms with Gasteiger partial charge < -0.3 is 14.8 Å². The van der Waals surface area contributed by atoms with Gasteiger partial charge in [-0.05, 0) is 44.7 Å². The van der Waals surface area contributed by atoms with E-state index in [4.69, 9.17) is 0 Å². The van der Waals surface area contributed by atoms with Crippen LogP contribution in [0, 0.1) is 6.92 Å². The van der Waals surface area contributed by atoms with Crippen molar-refractivity contribution in [2.24, 2.45) is 0 Å². The van der Waals surface area contributed by atoms with Crippen LogP contribution in [0.1, 0.15) is 72.7 Å². The summed E-state index contributed by atoms with van der Waals surface area (Å²) in [5.74, 6) is 1.14. The number of aryl methyl sites for hydroxylation is 1. The first-order chi connectivity index (χ1) is 16.1. The first kappa shape index (κ1) is 23.5. The molecule has 0 bridgehead atoms. The maximum atomic E-state index is 13.2. The number of hydrogen-bond acceptors (Lipinski definition) is 5. The number of thioether (sulfide) groups is 1. The second-order valence-electron chi connectivity index (χ2n) is 8.95. The Labute approximate surface area is 200 Å². The summed E-state index contributed by atoms with van der Waals surface area (Å²) in [6, 6.07) is 7.86. The van der Waals surface area contributed by atoms with Crippen LogP contribution >= 0.6 is 11.8 Å². The van der Waals surface area contributed by atoms with E-state index in [0.29, 0.717) is 35.6 Å². The first-order valence-electron chi connectivity index (χ1n) is 11.9. The molecule has 1 saturated carbocycles. The van der Waals surface area contributed by atoms with Gasteiger partial charge in [0.25, 0.3) is 5.91 Å². The van der Waals surface area contributed by atoms with Crippen LogP contribution in [0.25, 0.3) is 0 Å². The van der Waals surface area contributed by atoms with Crippen molar-refractivity contribution in [2.45, 2.75) is 75.7 Å². The van der Waals surface area contributed by atoms with E-state index in [0.717, 1.165) is 37.1 Å². The van der Waals surface area contributed by atoms with Crippen LogP contribution in [0.2, 0.25) is 0 Å². The number of amides is 2. The van der Waals surface area contributed by atoms with Gasteiger partial charge >= 0.3 is 0 Å². The largest absolute Gasteiger partial charge is 0.353 e. The van der Waals surface area contributed by atoms with Gasteiger partial charge in [-0.25, -0.2) is 0 Å². The fourth-order valence-electron chi connectivity index (χ4n) is 4.74. The molecule has 1 aromatic carbocycles. The molecule has 176 valence electrons. The number of aromatic nitrogens is 3. The standard InChI is InChI=1S/C25H33N5O2S/c1-3-15-30-23(21-10-7-16-29(21)24(32)19-13-11-18(2)12-14-19)27-28-25(30)33-17-22(31)26-20-8-5-4-6-9-20/h3,11-14,20-21H,1,4-10,15-17H2,2H3,(H,26,31). The zero-order valence-corrected chi connectivity index (χ0v) is 20.1. The molecule has 1 aromatic heterocycles. The van der Waals surface area contributed by atoms with Crippen molar-refractivity contribution < 1.29 is 9.59 Å². The highest BCUT2D eigenvalue weighted by Gasteiger charge is 2.34. The predicted molar refractivity (Wildman–Crippen MR) is 130 cm³/mol. The molecule has 0 spiro atoms. The van der Waals surface area contributed by atoms with Crippen LogP contribution < -0.4 is 5.32 Å². The third-order valence-corrected chi connectivity index (χ3v) is 7.44. The summed E-state index contributed by atoms with van der Waals surface area (Å²) in [7, 11) is 0. The second kappa shape index (κ2) is 11.0. The van der Waals surface area contributed by atoms with Gasteiger partial charge in [0, 0.05) is 24.7 Å². The third kappa shape index (κ3) is 5.66. The van der Waals surface area contributed by atoms with E-state index in [-0.39, 0.29) is 17.9 Å². The van der Waals surface area contributed by atoms with Crippen LogP contribution in [-0.2, 0) is 11.3 Å². The Morgan fingerprint density at radius 3 is 2.61 bits per heavy atom. The second-order valence-corrected chi connectivity index (χ2v) is 9.90. The highest BCUT2D eigenvalue weighted by molar-refractivity contribution is 7.99. The molecule has 1 unspecified atom stereocenters. The van der Waals surface area contributed by atoms with E-state index >= 15 is 0 Å². The fraction of sp³-hybridized carbons (Fsp3) is 0.520. The van der Waals surface area contributed by atoms with Gasteiger partial charge in [0.15, 0.2) is 11.0 Å². The summed E-state index contributed by atoms with van der Waals surface area (Å²) < 4.78 is 2.00. The van der Waals surface area contributed by atoms with E-state index in [9.17, 15) is 9.59 Å². The minimum atomic E-state index is -0.128. The molecule has 4 rings (SSSR count). The highest BCUT2D eigenvalue weighted by atomic mass is 32.2. The van der Waals surface area contributed by atoms with Crippen molar-refractivity contribution in [1.29, 1.82) is 0 Å². The summed E-state index contributed by atoms with van der Waals surface area (Å²) >= 11 is 1.40. The number of hydrogen-bond donors (Lipinski definition) is 1. The zero-order valence-electron chi connectivity index (χ0n) is 19.3. The third-order valence-electron chi connectivity index (χ3n) is 6.47. The summed E-state index contributed by atoms with van der Waals surface area (Å²) in [5.41, 5.74) is 1.82. The maximum absolute atomic E-state index is 13.2. The topological polar surface area (TPSA) is 80.1 Å². The molecule has 1 aliphatic heterocycles. The van der Waals surface area contributed by atoms with Gasteiger partial charge in [0.05, 0.1) is 11.8 Å². The minimum Gasteiger partial charge on any atom is -0.353 e. The van der Waals surface area contributed by atoms with Gasteiger partial charge in [0.1, 0.15) is 0 Å². The van der Waals surface area contributed by atoms with Gasteiger partial charge in [-0.1, -0.05) is 54.8 Å². The summed E-state index contributed by atoms with van der Waals surface area (Å²) in [4.78, 5) is 27.6. The van der Waals surface area contributed by atoms with E-state index in [1.54, 1.807) is 6.08 Å². The smallest absolute Gasteiger partial charge is 0.254 e. The number of rotatable bonds is 8. The van der Waals surface area contributed by atoms with E-state index in [2.05, 4.69) is 22.1 Å². The molecular weight excluding hydrogens is 434 g/mol. The van der Waals surface area contributed by atoms with Crippen LogP contribution in [0.4, 0.5) is 0 Å². The van der Waals surface area contributed by atoms with Crippen LogP contribution in [-0.4, -0.2) is 49.8 Å². The first-order valence-corrected chi connectivity index (χ1v) is 12.9. The van der Waals surface area contributed by atoms with Crippen molar-refractivity contribution in [3.8, 4) is 0 Å². The quantitative estimate of drug-likeness (QED) is 0.463. The molecule has 1 aliphatic carbocycles. The fourth-order valence-corrected chi connectivity index (χ4v) is 5.51. The maximum Gasteiger partial charge on any atom is 0.254 e. The van der Waals surface area contributed by atoms with Gasteiger partial charge in [-0.3, -0.25) is 9.59 Å². The number of nitrogens with zero attached hydrogens (tertiary/aromatic N) is 4. The Morgan fingerprint density at radius 1 is 1.12 bits per heavy atom. The summed E-state index contributed by atoms with van der Waals surface area (Å²) in [5, 5.41) is 12.7. The molecular formula is C25H33N5O2S. The lowest BCUT2D eigenvalue weighted by Crippen LogP contribution is -2.37. The number of carbonyl (C=O) groups excluding carboxylic acids is 2. The molecule has 2 aromatic rings. The number of likely N-dealkylation sites (tertiary alicyclic amines) is 1. The lowest BCUT2D eigenvalue weighted by Gasteiger charge is -2.25. The van der Waals surface area contributed by atoms with E-state index < -0.39 is 0 Å².